The molecule has 1 saturated carbocycles. The van der Waals surface area contributed by atoms with Crippen LogP contribution in [-0.2, 0) is 19.1 Å². The average Bonchev–Trinajstić information content (AvgIpc) is 3.44. The summed E-state index contributed by atoms with van der Waals surface area (Å²) in [6, 6.07) is 2.95. The quantitative estimate of drug-likeness (QED) is 0.550. The van der Waals surface area contributed by atoms with Crippen LogP contribution in [0.2, 0.25) is 5.02 Å². The molecule has 0 unspecified atom stereocenters. The smallest absolute Gasteiger partial charge is 0.327 e. The van der Waals surface area contributed by atoms with Gasteiger partial charge in [-0.3, -0.25) is 19.3 Å². The second-order valence-electron chi connectivity index (χ2n) is 7.05. The van der Waals surface area contributed by atoms with E-state index < -0.39 is 47.8 Å². The second kappa shape index (κ2) is 7.38. The van der Waals surface area contributed by atoms with E-state index in [2.05, 4.69) is 10.6 Å². The van der Waals surface area contributed by atoms with Crippen molar-refractivity contribution in [2.45, 2.75) is 38.3 Å². The molecule has 0 aromatic heterocycles. The first-order valence-corrected chi connectivity index (χ1v) is 9.09. The van der Waals surface area contributed by atoms with E-state index in [1.165, 1.54) is 19.1 Å². The number of nitrogens with zero attached hydrogens (tertiary/aromatic N) is 1. The van der Waals surface area contributed by atoms with Crippen LogP contribution in [0.4, 0.5) is 14.9 Å². The summed E-state index contributed by atoms with van der Waals surface area (Å²) < 4.78 is 18.2. The highest BCUT2D eigenvalue weighted by molar-refractivity contribution is 6.31. The zero-order valence-corrected chi connectivity index (χ0v) is 16.0. The molecule has 1 aromatic carbocycles. The van der Waals surface area contributed by atoms with E-state index in [0.29, 0.717) is 0 Å². The van der Waals surface area contributed by atoms with E-state index in [9.17, 15) is 23.6 Å². The average molecular weight is 412 g/mol. The SMILES string of the molecule is C[C@H](OC(=O)CN1C(=O)N[C@@](C)(C2CC2)C1=O)C(=O)Nc1ccc(F)c(Cl)c1. The molecule has 1 aliphatic carbocycles. The van der Waals surface area contributed by atoms with Crippen molar-refractivity contribution in [3.63, 3.8) is 0 Å². The van der Waals surface area contributed by atoms with Crippen LogP contribution in [0.5, 0.6) is 0 Å². The third-order valence-corrected chi connectivity index (χ3v) is 5.14. The van der Waals surface area contributed by atoms with E-state index in [0.717, 1.165) is 23.8 Å². The largest absolute Gasteiger partial charge is 0.451 e. The van der Waals surface area contributed by atoms with Crippen LogP contribution in [0.25, 0.3) is 0 Å². The van der Waals surface area contributed by atoms with Crippen molar-refractivity contribution in [3.05, 3.63) is 29.0 Å². The van der Waals surface area contributed by atoms with Gasteiger partial charge < -0.3 is 15.4 Å². The van der Waals surface area contributed by atoms with Crippen LogP contribution >= 0.6 is 11.6 Å². The molecule has 10 heteroatoms. The fourth-order valence-electron chi connectivity index (χ4n) is 3.03. The van der Waals surface area contributed by atoms with E-state index in [-0.39, 0.29) is 16.6 Å². The molecule has 150 valence electrons. The number of hydrogen-bond donors (Lipinski definition) is 2. The van der Waals surface area contributed by atoms with Crippen LogP contribution in [0.1, 0.15) is 26.7 Å². The van der Waals surface area contributed by atoms with Gasteiger partial charge in [0.15, 0.2) is 6.10 Å². The highest BCUT2D eigenvalue weighted by Crippen LogP contribution is 2.42. The summed E-state index contributed by atoms with van der Waals surface area (Å²) in [6.45, 7) is 2.38. The van der Waals surface area contributed by atoms with Crippen LogP contribution < -0.4 is 10.6 Å². The lowest BCUT2D eigenvalue weighted by Crippen LogP contribution is -2.46. The number of rotatable bonds is 6. The molecular formula is C18H19ClFN3O5. The lowest BCUT2D eigenvalue weighted by molar-refractivity contribution is -0.155. The minimum absolute atomic E-state index is 0.0669. The van der Waals surface area contributed by atoms with E-state index >= 15 is 0 Å². The summed E-state index contributed by atoms with van der Waals surface area (Å²) >= 11 is 5.65. The maximum atomic E-state index is 13.2. The van der Waals surface area contributed by atoms with Gasteiger partial charge in [-0.05, 0) is 50.8 Å². The number of esters is 1. The first-order chi connectivity index (χ1) is 13.1. The van der Waals surface area contributed by atoms with Crippen molar-refractivity contribution in [1.82, 2.24) is 10.2 Å². The Morgan fingerprint density at radius 3 is 2.71 bits per heavy atom. The summed E-state index contributed by atoms with van der Waals surface area (Å²) in [4.78, 5) is 49.6. The van der Waals surface area contributed by atoms with Gasteiger partial charge in [0.1, 0.15) is 17.9 Å². The Balaban J connectivity index is 1.55. The second-order valence-corrected chi connectivity index (χ2v) is 7.46. The lowest BCUT2D eigenvalue weighted by Gasteiger charge is -2.21. The molecule has 2 fully saturated rings. The maximum Gasteiger partial charge on any atom is 0.327 e. The first kappa shape index (κ1) is 20.1. The molecule has 28 heavy (non-hydrogen) atoms. The van der Waals surface area contributed by atoms with Crippen molar-refractivity contribution in [1.29, 1.82) is 0 Å². The fourth-order valence-corrected chi connectivity index (χ4v) is 3.21. The molecule has 4 amide bonds. The lowest BCUT2D eigenvalue weighted by atomic mass is 9.96. The van der Waals surface area contributed by atoms with Crippen molar-refractivity contribution < 1.29 is 28.3 Å². The number of urea groups is 1. The van der Waals surface area contributed by atoms with Gasteiger partial charge in [0.25, 0.3) is 11.8 Å². The molecule has 8 nitrogen and oxygen atoms in total. The third-order valence-electron chi connectivity index (χ3n) is 4.85. The predicted octanol–water partition coefficient (Wildman–Crippen LogP) is 2.07. The Bertz CT molecular complexity index is 860. The molecule has 1 saturated heterocycles. The molecule has 2 N–H and O–H groups in total. The van der Waals surface area contributed by atoms with Crippen molar-refractivity contribution in [3.8, 4) is 0 Å². The predicted molar refractivity (Wildman–Crippen MR) is 97.0 cm³/mol. The highest BCUT2D eigenvalue weighted by Gasteiger charge is 2.56. The Labute approximate surface area is 165 Å². The number of hydrogen-bond acceptors (Lipinski definition) is 5. The monoisotopic (exact) mass is 411 g/mol. The summed E-state index contributed by atoms with van der Waals surface area (Å²) in [5.74, 6) is -2.61. The van der Waals surface area contributed by atoms with Crippen LogP contribution in [0.15, 0.2) is 18.2 Å². The molecule has 0 radical (unpaired) electrons. The van der Waals surface area contributed by atoms with Crippen LogP contribution in [0.3, 0.4) is 0 Å². The molecular weight excluding hydrogens is 393 g/mol. The number of benzene rings is 1. The van der Waals surface area contributed by atoms with Gasteiger partial charge in [-0.1, -0.05) is 11.6 Å². The maximum absolute atomic E-state index is 13.2. The molecule has 2 aliphatic rings. The number of imide groups is 1. The Kier molecular flexibility index (Phi) is 5.29. The number of anilines is 1. The normalized spacial score (nSPS) is 22.6. The van der Waals surface area contributed by atoms with Crippen molar-refractivity contribution in [2.24, 2.45) is 5.92 Å². The van der Waals surface area contributed by atoms with Gasteiger partial charge in [-0.15, -0.1) is 0 Å². The number of carbonyl (C=O) groups excluding carboxylic acids is 4. The number of nitrogens with one attached hydrogen (secondary N) is 2. The Morgan fingerprint density at radius 2 is 2.11 bits per heavy atom. The molecule has 1 heterocycles. The standard InChI is InChI=1S/C18H19ClFN3O5/c1-9(15(25)21-11-5-6-13(20)12(19)7-11)28-14(24)8-23-16(26)18(2,10-3-4-10)22-17(23)27/h5-7,9-10H,3-4,8H2,1-2H3,(H,21,25)(H,22,27)/t9-,18-/m0/s1. The molecule has 1 aliphatic heterocycles. The molecule has 1 aromatic rings. The summed E-state index contributed by atoms with van der Waals surface area (Å²) in [5.41, 5.74) is -0.768. The van der Waals surface area contributed by atoms with Gasteiger partial charge >= 0.3 is 12.0 Å². The Hall–Kier alpha value is -2.68. The molecule has 0 bridgehead atoms. The third kappa shape index (κ3) is 3.94. The van der Waals surface area contributed by atoms with Gasteiger partial charge in [0.2, 0.25) is 0 Å². The van der Waals surface area contributed by atoms with Gasteiger partial charge in [-0.2, -0.15) is 0 Å². The van der Waals surface area contributed by atoms with E-state index in [1.807, 2.05) is 0 Å². The summed E-state index contributed by atoms with van der Waals surface area (Å²) in [7, 11) is 0. The van der Waals surface area contributed by atoms with Crippen molar-refractivity contribution in [2.75, 3.05) is 11.9 Å². The number of carbonyl (C=O) groups is 4. The van der Waals surface area contributed by atoms with E-state index in [4.69, 9.17) is 16.3 Å². The number of amides is 4. The van der Waals surface area contributed by atoms with E-state index in [1.54, 1.807) is 6.92 Å². The molecule has 2 atom stereocenters. The van der Waals surface area contributed by atoms with Gasteiger partial charge in [0.05, 0.1) is 5.02 Å². The number of ether oxygens (including phenoxy) is 1. The molecule has 3 rings (SSSR count). The topological polar surface area (TPSA) is 105 Å². The summed E-state index contributed by atoms with van der Waals surface area (Å²) in [6.07, 6.45) is 0.475. The fraction of sp³-hybridized carbons (Fsp3) is 0.444. The zero-order valence-electron chi connectivity index (χ0n) is 15.3. The van der Waals surface area contributed by atoms with Crippen LogP contribution in [0, 0.1) is 11.7 Å². The molecule has 0 spiro atoms. The van der Waals surface area contributed by atoms with Gasteiger partial charge in [-0.25, -0.2) is 9.18 Å². The minimum Gasteiger partial charge on any atom is -0.451 e. The summed E-state index contributed by atoms with van der Waals surface area (Å²) in [5, 5.41) is 4.89. The zero-order chi connectivity index (χ0) is 20.6. The Morgan fingerprint density at radius 1 is 1.43 bits per heavy atom. The minimum atomic E-state index is -1.20. The van der Waals surface area contributed by atoms with Gasteiger partial charge in [0, 0.05) is 5.69 Å². The number of halogens is 2. The first-order valence-electron chi connectivity index (χ1n) is 8.71. The highest BCUT2D eigenvalue weighted by atomic mass is 35.5. The van der Waals surface area contributed by atoms with Crippen molar-refractivity contribution >= 4 is 41.1 Å². The van der Waals surface area contributed by atoms with Crippen LogP contribution in [-0.4, -0.2) is 46.9 Å².